The predicted octanol–water partition coefficient (Wildman–Crippen LogP) is 2.19. The second kappa shape index (κ2) is 7.19. The highest BCUT2D eigenvalue weighted by Gasteiger charge is 2.13. The number of ether oxygens (including phenoxy) is 3. The minimum atomic E-state index is -0.0659. The standard InChI is InChI=1S/C15H19N3O3/c1-2-9-20-15(6-1)21-11-10-19-14-5-3-4-13(12-14)18-8-7-16-17-18/h3-5,7-8,12,15H,1-2,6,9-11H2/t15-/m1/s1. The van der Waals surface area contributed by atoms with Crippen molar-refractivity contribution in [3.63, 3.8) is 0 Å². The Morgan fingerprint density at radius 1 is 1.29 bits per heavy atom. The molecular formula is C15H19N3O3. The minimum Gasteiger partial charge on any atom is -0.491 e. The van der Waals surface area contributed by atoms with Crippen molar-refractivity contribution >= 4 is 0 Å². The van der Waals surface area contributed by atoms with E-state index in [0.717, 1.165) is 30.9 Å². The second-order valence-electron chi connectivity index (χ2n) is 4.86. The van der Waals surface area contributed by atoms with E-state index in [1.807, 2.05) is 24.3 Å². The quantitative estimate of drug-likeness (QED) is 0.763. The summed E-state index contributed by atoms with van der Waals surface area (Å²) in [6.07, 6.45) is 6.65. The van der Waals surface area contributed by atoms with Gasteiger partial charge in [0.2, 0.25) is 0 Å². The van der Waals surface area contributed by atoms with Gasteiger partial charge in [-0.25, -0.2) is 4.68 Å². The maximum absolute atomic E-state index is 5.69. The lowest BCUT2D eigenvalue weighted by Gasteiger charge is -2.22. The van der Waals surface area contributed by atoms with Gasteiger partial charge in [0, 0.05) is 12.7 Å². The number of hydrogen-bond acceptors (Lipinski definition) is 5. The highest BCUT2D eigenvalue weighted by molar-refractivity contribution is 5.38. The molecule has 0 saturated carbocycles. The first-order chi connectivity index (χ1) is 10.4. The number of aromatic nitrogens is 3. The fourth-order valence-corrected chi connectivity index (χ4v) is 2.24. The molecule has 1 aromatic carbocycles. The normalized spacial score (nSPS) is 18.6. The van der Waals surface area contributed by atoms with Gasteiger partial charge in [0.05, 0.1) is 24.7 Å². The summed E-state index contributed by atoms with van der Waals surface area (Å²) in [5.74, 6) is 0.788. The van der Waals surface area contributed by atoms with Crippen LogP contribution < -0.4 is 4.74 Å². The van der Waals surface area contributed by atoms with Crippen LogP contribution in [0.25, 0.3) is 5.69 Å². The van der Waals surface area contributed by atoms with Gasteiger partial charge in [-0.3, -0.25) is 0 Å². The van der Waals surface area contributed by atoms with Crippen LogP contribution in [0.2, 0.25) is 0 Å². The first-order valence-corrected chi connectivity index (χ1v) is 7.24. The van der Waals surface area contributed by atoms with Crippen molar-refractivity contribution in [2.45, 2.75) is 25.6 Å². The van der Waals surface area contributed by atoms with Gasteiger partial charge < -0.3 is 14.2 Å². The zero-order valence-corrected chi connectivity index (χ0v) is 11.9. The molecule has 3 rings (SSSR count). The second-order valence-corrected chi connectivity index (χ2v) is 4.86. The molecule has 0 aliphatic carbocycles. The largest absolute Gasteiger partial charge is 0.491 e. The van der Waals surface area contributed by atoms with Gasteiger partial charge in [0.1, 0.15) is 12.4 Å². The maximum Gasteiger partial charge on any atom is 0.157 e. The number of benzene rings is 1. The molecule has 6 heteroatoms. The van der Waals surface area contributed by atoms with Crippen molar-refractivity contribution < 1.29 is 14.2 Å². The van der Waals surface area contributed by atoms with E-state index >= 15 is 0 Å². The van der Waals surface area contributed by atoms with Crippen molar-refractivity contribution in [3.8, 4) is 11.4 Å². The highest BCUT2D eigenvalue weighted by atomic mass is 16.7. The molecule has 1 aliphatic rings. The fourth-order valence-electron chi connectivity index (χ4n) is 2.24. The summed E-state index contributed by atoms with van der Waals surface area (Å²) >= 11 is 0. The lowest BCUT2D eigenvalue weighted by atomic mass is 10.2. The molecule has 1 aliphatic heterocycles. The molecule has 0 amide bonds. The topological polar surface area (TPSA) is 58.4 Å². The van der Waals surface area contributed by atoms with Crippen molar-refractivity contribution in [1.29, 1.82) is 0 Å². The lowest BCUT2D eigenvalue weighted by molar-refractivity contribution is -0.165. The van der Waals surface area contributed by atoms with Gasteiger partial charge in [0.25, 0.3) is 0 Å². The zero-order chi connectivity index (χ0) is 14.3. The van der Waals surface area contributed by atoms with Crippen LogP contribution in [0, 0.1) is 0 Å². The van der Waals surface area contributed by atoms with E-state index in [1.165, 1.54) is 6.42 Å². The van der Waals surface area contributed by atoms with Gasteiger partial charge in [-0.1, -0.05) is 11.3 Å². The van der Waals surface area contributed by atoms with Crippen molar-refractivity contribution in [1.82, 2.24) is 15.0 Å². The molecule has 0 spiro atoms. The molecule has 2 aromatic rings. The maximum atomic E-state index is 5.69. The number of rotatable bonds is 6. The molecule has 21 heavy (non-hydrogen) atoms. The summed E-state index contributed by atoms with van der Waals surface area (Å²) in [5, 5.41) is 7.75. The third-order valence-corrected chi connectivity index (χ3v) is 3.30. The molecule has 2 heterocycles. The van der Waals surface area contributed by atoms with E-state index in [2.05, 4.69) is 10.3 Å². The van der Waals surface area contributed by atoms with Crippen LogP contribution in [0.1, 0.15) is 19.3 Å². The monoisotopic (exact) mass is 289 g/mol. The highest BCUT2D eigenvalue weighted by Crippen LogP contribution is 2.16. The average molecular weight is 289 g/mol. The summed E-state index contributed by atoms with van der Waals surface area (Å²) < 4.78 is 18.5. The summed E-state index contributed by atoms with van der Waals surface area (Å²) in [6.45, 7) is 1.82. The molecule has 6 nitrogen and oxygen atoms in total. The summed E-state index contributed by atoms with van der Waals surface area (Å²) in [4.78, 5) is 0. The lowest BCUT2D eigenvalue weighted by Crippen LogP contribution is -2.24. The van der Waals surface area contributed by atoms with E-state index in [-0.39, 0.29) is 6.29 Å². The van der Waals surface area contributed by atoms with E-state index in [9.17, 15) is 0 Å². The van der Waals surface area contributed by atoms with E-state index in [4.69, 9.17) is 14.2 Å². The molecule has 0 bridgehead atoms. The molecule has 0 N–H and O–H groups in total. The Balaban J connectivity index is 1.46. The van der Waals surface area contributed by atoms with Gasteiger partial charge in [-0.05, 0) is 31.4 Å². The van der Waals surface area contributed by atoms with E-state index < -0.39 is 0 Å². The summed E-state index contributed by atoms with van der Waals surface area (Å²) in [7, 11) is 0. The van der Waals surface area contributed by atoms with Crippen LogP contribution >= 0.6 is 0 Å². The summed E-state index contributed by atoms with van der Waals surface area (Å²) in [5.41, 5.74) is 0.918. The van der Waals surface area contributed by atoms with Gasteiger partial charge >= 0.3 is 0 Å². The Bertz CT molecular complexity index is 539. The molecule has 0 unspecified atom stereocenters. The Hall–Kier alpha value is -1.92. The van der Waals surface area contributed by atoms with Crippen molar-refractivity contribution in [2.75, 3.05) is 19.8 Å². The molecule has 112 valence electrons. The van der Waals surface area contributed by atoms with Gasteiger partial charge in [-0.2, -0.15) is 0 Å². The number of nitrogens with zero attached hydrogens (tertiary/aromatic N) is 3. The SMILES string of the molecule is c1cc(OCCO[C@@H]2CCCCO2)cc(-n2ccnn2)c1. The molecule has 0 radical (unpaired) electrons. The first kappa shape index (κ1) is 14.0. The molecule has 1 saturated heterocycles. The minimum absolute atomic E-state index is 0.0659. The van der Waals surface area contributed by atoms with Crippen molar-refractivity contribution in [3.05, 3.63) is 36.7 Å². The molecule has 1 fully saturated rings. The smallest absolute Gasteiger partial charge is 0.157 e. The average Bonchev–Trinajstić information content (AvgIpc) is 3.07. The molecule has 1 atom stereocenters. The fraction of sp³-hybridized carbons (Fsp3) is 0.467. The Labute approximate surface area is 123 Å². The Morgan fingerprint density at radius 2 is 2.29 bits per heavy atom. The third kappa shape index (κ3) is 4.03. The molecule has 1 aromatic heterocycles. The third-order valence-electron chi connectivity index (χ3n) is 3.30. The molecular weight excluding hydrogens is 270 g/mol. The Morgan fingerprint density at radius 3 is 3.10 bits per heavy atom. The predicted molar refractivity (Wildman–Crippen MR) is 76.4 cm³/mol. The first-order valence-electron chi connectivity index (χ1n) is 7.24. The van der Waals surface area contributed by atoms with Gasteiger partial charge in [0.15, 0.2) is 6.29 Å². The number of hydrogen-bond donors (Lipinski definition) is 0. The Kier molecular flexibility index (Phi) is 4.81. The van der Waals surface area contributed by atoms with Crippen LogP contribution in [-0.2, 0) is 9.47 Å². The van der Waals surface area contributed by atoms with Crippen LogP contribution in [-0.4, -0.2) is 41.1 Å². The van der Waals surface area contributed by atoms with Crippen LogP contribution in [0.5, 0.6) is 5.75 Å². The van der Waals surface area contributed by atoms with E-state index in [0.29, 0.717) is 13.2 Å². The van der Waals surface area contributed by atoms with E-state index in [1.54, 1.807) is 17.1 Å². The van der Waals surface area contributed by atoms with Crippen LogP contribution in [0.3, 0.4) is 0 Å². The van der Waals surface area contributed by atoms with Gasteiger partial charge in [-0.15, -0.1) is 5.10 Å². The summed E-state index contributed by atoms with van der Waals surface area (Å²) in [6, 6.07) is 7.72. The zero-order valence-electron chi connectivity index (χ0n) is 11.9. The van der Waals surface area contributed by atoms with Crippen LogP contribution in [0.4, 0.5) is 0 Å². The van der Waals surface area contributed by atoms with Crippen LogP contribution in [0.15, 0.2) is 36.7 Å². The van der Waals surface area contributed by atoms with Crippen molar-refractivity contribution in [2.24, 2.45) is 0 Å².